The fourth-order valence-electron chi connectivity index (χ4n) is 2.06. The number of nitrogens with zero attached hydrogens (tertiary/aromatic N) is 2. The van der Waals surface area contributed by atoms with E-state index in [0.717, 1.165) is 6.26 Å². The van der Waals surface area contributed by atoms with Gasteiger partial charge in [-0.1, -0.05) is 0 Å². The Morgan fingerprint density at radius 3 is 2.57 bits per heavy atom. The van der Waals surface area contributed by atoms with Crippen molar-refractivity contribution < 1.29 is 17.6 Å². The van der Waals surface area contributed by atoms with Crippen LogP contribution < -0.4 is 10.0 Å². The molecular formula is C14H16N4O4S. The normalized spacial score (nSPS) is 11.2. The van der Waals surface area contributed by atoms with Gasteiger partial charge in [-0.25, -0.2) is 13.1 Å². The maximum atomic E-state index is 12.2. The number of rotatable bonds is 6. The molecule has 2 aromatic rings. The van der Waals surface area contributed by atoms with Gasteiger partial charge in [0.15, 0.2) is 0 Å². The molecule has 2 heterocycles. The van der Waals surface area contributed by atoms with Crippen LogP contribution in [0.4, 0.5) is 0 Å². The first kappa shape index (κ1) is 16.8. The van der Waals surface area contributed by atoms with Crippen LogP contribution in [0.5, 0.6) is 0 Å². The van der Waals surface area contributed by atoms with Crippen LogP contribution >= 0.6 is 0 Å². The molecule has 2 rings (SSSR count). The summed E-state index contributed by atoms with van der Waals surface area (Å²) in [6, 6.07) is 5.53. The molecule has 1 amide bonds. The van der Waals surface area contributed by atoms with Gasteiger partial charge in [-0.2, -0.15) is 5.26 Å². The maximum absolute atomic E-state index is 12.2. The zero-order valence-electron chi connectivity index (χ0n) is 12.7. The number of aryl methyl sites for hydroxylation is 1. The third-order valence-corrected chi connectivity index (χ3v) is 3.75. The predicted molar refractivity (Wildman–Crippen MR) is 82.7 cm³/mol. The van der Waals surface area contributed by atoms with E-state index in [2.05, 4.69) is 10.0 Å². The van der Waals surface area contributed by atoms with Crippen molar-refractivity contribution in [3.05, 3.63) is 41.4 Å². The Balaban J connectivity index is 2.16. The largest absolute Gasteiger partial charge is 0.443 e. The van der Waals surface area contributed by atoms with Crippen molar-refractivity contribution in [1.82, 2.24) is 14.6 Å². The number of carbonyl (C=O) groups excluding carboxylic acids is 1. The fraction of sp³-hybridized carbons (Fsp3) is 0.286. The number of nitriles is 1. The minimum absolute atomic E-state index is 0.0633. The lowest BCUT2D eigenvalue weighted by molar-refractivity contribution is 0.0952. The minimum atomic E-state index is -3.31. The molecule has 0 aromatic carbocycles. The summed E-state index contributed by atoms with van der Waals surface area (Å²) >= 11 is 0. The molecule has 0 radical (unpaired) electrons. The highest BCUT2D eigenvalue weighted by Gasteiger charge is 2.24. The standard InChI is InChI=1S/C14H16N4O4S/c1-10-12(13(19)16-5-6-17-23(2,20)21)11(9-15)14(22-10)18-7-3-4-8-18/h3-4,7-8,17H,5-6H2,1-2H3,(H,16,19). The van der Waals surface area contributed by atoms with Crippen LogP contribution in [-0.4, -0.2) is 38.2 Å². The van der Waals surface area contributed by atoms with Gasteiger partial charge in [0.2, 0.25) is 15.9 Å². The van der Waals surface area contributed by atoms with E-state index in [4.69, 9.17) is 4.42 Å². The molecule has 2 aromatic heterocycles. The van der Waals surface area contributed by atoms with Gasteiger partial charge in [-0.05, 0) is 19.1 Å². The van der Waals surface area contributed by atoms with Crippen LogP contribution in [0, 0.1) is 18.3 Å². The Morgan fingerprint density at radius 1 is 1.35 bits per heavy atom. The number of furan rings is 1. The second-order valence-electron chi connectivity index (χ2n) is 4.84. The van der Waals surface area contributed by atoms with Crippen molar-refractivity contribution in [3.63, 3.8) is 0 Å². The van der Waals surface area contributed by atoms with Gasteiger partial charge < -0.3 is 9.73 Å². The summed E-state index contributed by atoms with van der Waals surface area (Å²) in [7, 11) is -3.31. The van der Waals surface area contributed by atoms with Crippen molar-refractivity contribution >= 4 is 15.9 Å². The SMILES string of the molecule is Cc1oc(-n2cccc2)c(C#N)c1C(=O)NCCNS(C)(=O)=O. The zero-order valence-corrected chi connectivity index (χ0v) is 13.5. The molecular weight excluding hydrogens is 320 g/mol. The third kappa shape index (κ3) is 4.00. The van der Waals surface area contributed by atoms with E-state index in [9.17, 15) is 18.5 Å². The summed E-state index contributed by atoms with van der Waals surface area (Å²) in [6.07, 6.45) is 4.44. The van der Waals surface area contributed by atoms with Crippen LogP contribution in [0.2, 0.25) is 0 Å². The second kappa shape index (κ2) is 6.68. The summed E-state index contributed by atoms with van der Waals surface area (Å²) in [4.78, 5) is 12.2. The minimum Gasteiger partial charge on any atom is -0.443 e. The molecule has 0 unspecified atom stereocenters. The number of sulfonamides is 1. The molecule has 0 spiro atoms. The summed E-state index contributed by atoms with van der Waals surface area (Å²) < 4.78 is 31.3. The van der Waals surface area contributed by atoms with Crippen LogP contribution in [0.25, 0.3) is 5.88 Å². The first-order valence-electron chi connectivity index (χ1n) is 6.73. The van der Waals surface area contributed by atoms with Gasteiger partial charge in [0.25, 0.3) is 5.91 Å². The van der Waals surface area contributed by atoms with Crippen LogP contribution in [-0.2, 0) is 10.0 Å². The molecule has 8 nitrogen and oxygen atoms in total. The molecule has 0 fully saturated rings. The number of amides is 1. The number of hydrogen-bond acceptors (Lipinski definition) is 5. The molecule has 0 saturated carbocycles. The van der Waals surface area contributed by atoms with Crippen LogP contribution in [0.3, 0.4) is 0 Å². The lowest BCUT2D eigenvalue weighted by Crippen LogP contribution is -2.34. The van der Waals surface area contributed by atoms with Crippen molar-refractivity contribution in [1.29, 1.82) is 5.26 Å². The summed E-state index contributed by atoms with van der Waals surface area (Å²) in [6.45, 7) is 1.76. The average Bonchev–Trinajstić information content (AvgIpc) is 3.09. The molecule has 122 valence electrons. The first-order chi connectivity index (χ1) is 10.8. The first-order valence-corrected chi connectivity index (χ1v) is 8.62. The quantitative estimate of drug-likeness (QED) is 0.746. The average molecular weight is 336 g/mol. The Labute approximate surface area is 133 Å². The Bertz CT molecular complexity index is 844. The Morgan fingerprint density at radius 2 is 2.00 bits per heavy atom. The van der Waals surface area contributed by atoms with Gasteiger partial charge in [0.1, 0.15) is 23.0 Å². The molecule has 9 heteroatoms. The Hall–Kier alpha value is -2.57. The number of aromatic nitrogens is 1. The Kier molecular flexibility index (Phi) is 4.88. The molecule has 0 aliphatic heterocycles. The highest BCUT2D eigenvalue weighted by Crippen LogP contribution is 2.25. The zero-order chi connectivity index (χ0) is 17.0. The van der Waals surface area contributed by atoms with Crippen molar-refractivity contribution in [2.24, 2.45) is 0 Å². The summed E-state index contributed by atoms with van der Waals surface area (Å²) in [5.74, 6) is 0.102. The molecule has 2 N–H and O–H groups in total. The smallest absolute Gasteiger partial charge is 0.256 e. The molecule has 0 aliphatic rings. The van der Waals surface area contributed by atoms with Crippen molar-refractivity contribution in [3.8, 4) is 12.0 Å². The monoisotopic (exact) mass is 336 g/mol. The van der Waals surface area contributed by atoms with E-state index < -0.39 is 15.9 Å². The predicted octanol–water partition coefficient (Wildman–Crippen LogP) is 0.529. The maximum Gasteiger partial charge on any atom is 0.256 e. The molecule has 0 bridgehead atoms. The van der Waals surface area contributed by atoms with Crippen LogP contribution in [0.15, 0.2) is 28.9 Å². The van der Waals surface area contributed by atoms with Gasteiger partial charge in [0.05, 0.1) is 6.26 Å². The lowest BCUT2D eigenvalue weighted by Gasteiger charge is -2.05. The van der Waals surface area contributed by atoms with E-state index in [1.54, 1.807) is 36.0 Å². The second-order valence-corrected chi connectivity index (χ2v) is 6.67. The van der Waals surface area contributed by atoms with E-state index in [0.29, 0.717) is 5.76 Å². The van der Waals surface area contributed by atoms with Crippen LogP contribution in [0.1, 0.15) is 21.7 Å². The molecule has 23 heavy (non-hydrogen) atoms. The van der Waals surface area contributed by atoms with E-state index >= 15 is 0 Å². The highest BCUT2D eigenvalue weighted by atomic mass is 32.2. The van der Waals surface area contributed by atoms with Gasteiger partial charge in [0, 0.05) is 25.5 Å². The van der Waals surface area contributed by atoms with Crippen molar-refractivity contribution in [2.75, 3.05) is 19.3 Å². The lowest BCUT2D eigenvalue weighted by atomic mass is 10.1. The summed E-state index contributed by atoms with van der Waals surface area (Å²) in [5, 5.41) is 11.9. The van der Waals surface area contributed by atoms with Gasteiger partial charge >= 0.3 is 0 Å². The molecule has 0 atom stereocenters. The fourth-order valence-corrected chi connectivity index (χ4v) is 2.53. The van der Waals surface area contributed by atoms with E-state index in [1.165, 1.54) is 0 Å². The number of nitrogens with one attached hydrogen (secondary N) is 2. The number of hydrogen-bond donors (Lipinski definition) is 2. The van der Waals surface area contributed by atoms with E-state index in [1.807, 2.05) is 6.07 Å². The van der Waals surface area contributed by atoms with Gasteiger partial charge in [-0.15, -0.1) is 0 Å². The van der Waals surface area contributed by atoms with Gasteiger partial charge in [-0.3, -0.25) is 9.36 Å². The molecule has 0 saturated heterocycles. The topological polar surface area (TPSA) is 117 Å². The summed E-state index contributed by atoms with van der Waals surface area (Å²) in [5.41, 5.74) is 0.280. The molecule has 0 aliphatic carbocycles. The highest BCUT2D eigenvalue weighted by molar-refractivity contribution is 7.88. The third-order valence-electron chi connectivity index (χ3n) is 3.02. The van der Waals surface area contributed by atoms with Crippen molar-refractivity contribution in [2.45, 2.75) is 6.92 Å². The van der Waals surface area contributed by atoms with E-state index in [-0.39, 0.29) is 30.1 Å². The number of carbonyl (C=O) groups is 1.